The van der Waals surface area contributed by atoms with Gasteiger partial charge in [-0.05, 0) is 31.2 Å². The van der Waals surface area contributed by atoms with Gasteiger partial charge < -0.3 is 20.3 Å². The summed E-state index contributed by atoms with van der Waals surface area (Å²) in [5, 5.41) is 17.7. The number of aromatic nitrogens is 3. The monoisotopic (exact) mass is 512 g/mol. The van der Waals surface area contributed by atoms with Crippen LogP contribution in [0.3, 0.4) is 0 Å². The zero-order chi connectivity index (χ0) is 24.1. The lowest BCUT2D eigenvalue weighted by Crippen LogP contribution is -2.53. The fourth-order valence-corrected chi connectivity index (χ4v) is 6.39. The molecule has 9 nitrogen and oxygen atoms in total. The highest BCUT2D eigenvalue weighted by atomic mass is 35.5. The Morgan fingerprint density at radius 2 is 2.11 bits per heavy atom. The summed E-state index contributed by atoms with van der Waals surface area (Å²) in [7, 11) is 0. The molecule has 0 spiro atoms. The van der Waals surface area contributed by atoms with Crippen LogP contribution >= 0.6 is 23.4 Å². The fourth-order valence-electron chi connectivity index (χ4n) is 5.35. The Balaban J connectivity index is 1.09. The SMILES string of the molecule is O=C1CSc2ccc(CN[C@H]3CCN(CC4Cn5c(=O)ccc6ncc(Cl)c4c65)C[C@H]3O)nc2N1. The second kappa shape index (κ2) is 9.18. The number of pyridine rings is 3. The van der Waals surface area contributed by atoms with Crippen molar-refractivity contribution in [2.75, 3.05) is 30.7 Å². The number of amides is 1. The van der Waals surface area contributed by atoms with Crippen LogP contribution in [0.15, 0.2) is 40.2 Å². The molecule has 1 unspecified atom stereocenters. The van der Waals surface area contributed by atoms with Crippen LogP contribution in [-0.4, -0.2) is 68.0 Å². The van der Waals surface area contributed by atoms with E-state index in [0.717, 1.165) is 40.2 Å². The van der Waals surface area contributed by atoms with Gasteiger partial charge in [-0.1, -0.05) is 11.6 Å². The van der Waals surface area contributed by atoms with Crippen LogP contribution in [0.2, 0.25) is 5.02 Å². The van der Waals surface area contributed by atoms with Gasteiger partial charge in [0.2, 0.25) is 5.91 Å². The van der Waals surface area contributed by atoms with Gasteiger partial charge in [0.15, 0.2) is 0 Å². The number of likely N-dealkylation sites (tertiary alicyclic amines) is 1. The highest BCUT2D eigenvalue weighted by molar-refractivity contribution is 8.00. The molecule has 35 heavy (non-hydrogen) atoms. The number of nitrogens with one attached hydrogen (secondary N) is 2. The molecule has 3 aliphatic heterocycles. The smallest absolute Gasteiger partial charge is 0.251 e. The maximum Gasteiger partial charge on any atom is 0.251 e. The predicted octanol–water partition coefficient (Wildman–Crippen LogP) is 1.81. The van der Waals surface area contributed by atoms with Gasteiger partial charge in [0.1, 0.15) is 5.82 Å². The van der Waals surface area contributed by atoms with Gasteiger partial charge in [-0.3, -0.25) is 19.5 Å². The Bertz CT molecular complexity index is 1380. The fraction of sp³-hybridized carbons (Fsp3) is 0.417. The number of hydrogen-bond donors (Lipinski definition) is 3. The summed E-state index contributed by atoms with van der Waals surface area (Å²) in [4.78, 5) is 36.2. The second-order valence-electron chi connectivity index (χ2n) is 9.32. The van der Waals surface area contributed by atoms with Crippen LogP contribution < -0.4 is 16.2 Å². The summed E-state index contributed by atoms with van der Waals surface area (Å²) in [6, 6.07) is 7.19. The van der Waals surface area contributed by atoms with Gasteiger partial charge in [0.25, 0.3) is 5.56 Å². The number of nitrogens with zero attached hydrogens (tertiary/aromatic N) is 4. The molecule has 1 fully saturated rings. The third-order valence-corrected chi connectivity index (χ3v) is 8.37. The summed E-state index contributed by atoms with van der Waals surface area (Å²) in [5.41, 5.74) is 3.38. The van der Waals surface area contributed by atoms with Crippen molar-refractivity contribution in [3.63, 3.8) is 0 Å². The zero-order valence-electron chi connectivity index (χ0n) is 18.9. The van der Waals surface area contributed by atoms with Crippen LogP contribution in [-0.2, 0) is 17.9 Å². The van der Waals surface area contributed by atoms with Crippen molar-refractivity contribution < 1.29 is 9.90 Å². The van der Waals surface area contributed by atoms with E-state index in [1.165, 1.54) is 11.8 Å². The molecule has 0 bridgehead atoms. The number of piperidine rings is 1. The number of aliphatic hydroxyl groups is 1. The Morgan fingerprint density at radius 3 is 2.97 bits per heavy atom. The van der Waals surface area contributed by atoms with Crippen molar-refractivity contribution in [1.82, 2.24) is 24.8 Å². The molecule has 1 saturated heterocycles. The number of thioether (sulfide) groups is 1. The highest BCUT2D eigenvalue weighted by Crippen LogP contribution is 2.37. The molecule has 0 aliphatic carbocycles. The molecule has 3 N–H and O–H groups in total. The minimum absolute atomic E-state index is 0.0353. The molecule has 0 saturated carbocycles. The molecule has 1 amide bonds. The first-order valence-corrected chi connectivity index (χ1v) is 13.1. The van der Waals surface area contributed by atoms with Crippen molar-refractivity contribution in [2.45, 2.75) is 42.5 Å². The number of carbonyl (C=O) groups excluding carboxylic acids is 1. The maximum atomic E-state index is 12.4. The number of hydrogen-bond acceptors (Lipinski definition) is 8. The molecule has 0 radical (unpaired) electrons. The number of β-amino-alcohol motifs (C(OH)–C–C–N with tert-alkyl or cyclic N) is 1. The third-order valence-electron chi connectivity index (χ3n) is 7.03. The Labute approximate surface area is 210 Å². The van der Waals surface area contributed by atoms with E-state index >= 15 is 0 Å². The van der Waals surface area contributed by atoms with Gasteiger partial charge >= 0.3 is 0 Å². The Hall–Kier alpha value is -2.50. The van der Waals surface area contributed by atoms with Crippen molar-refractivity contribution >= 4 is 46.1 Å². The van der Waals surface area contributed by atoms with Crippen molar-refractivity contribution in [1.29, 1.82) is 0 Å². The van der Waals surface area contributed by atoms with Crippen LogP contribution in [0.4, 0.5) is 5.82 Å². The van der Waals surface area contributed by atoms with E-state index in [0.29, 0.717) is 42.8 Å². The standard InChI is InChI=1S/C24H25ClN6O3S/c25-15-8-27-17-2-4-21(34)31-10-13(22(15)23(17)31)9-30-6-5-16(18(32)11-30)26-7-14-1-3-19-24(28-14)29-20(33)12-35-19/h1-4,8,13,16,18,26,32H,5-7,9-12H2,(H,28,29,33)/t13?,16-,18+/m0/s1. The minimum atomic E-state index is -0.531. The largest absolute Gasteiger partial charge is 0.390 e. The van der Waals surface area contributed by atoms with E-state index in [4.69, 9.17) is 11.6 Å². The summed E-state index contributed by atoms with van der Waals surface area (Å²) in [6.07, 6.45) is 1.92. The van der Waals surface area contributed by atoms with E-state index in [-0.39, 0.29) is 23.4 Å². The molecule has 3 aromatic rings. The van der Waals surface area contributed by atoms with Crippen LogP contribution in [0.25, 0.3) is 11.0 Å². The minimum Gasteiger partial charge on any atom is -0.390 e. The molecule has 11 heteroatoms. The Morgan fingerprint density at radius 1 is 1.23 bits per heavy atom. The zero-order valence-corrected chi connectivity index (χ0v) is 20.5. The first kappa shape index (κ1) is 22.9. The van der Waals surface area contributed by atoms with E-state index in [1.54, 1.807) is 22.9 Å². The number of rotatable bonds is 5. The number of halogens is 1. The lowest BCUT2D eigenvalue weighted by Gasteiger charge is -2.37. The molecule has 0 aromatic carbocycles. The lowest BCUT2D eigenvalue weighted by atomic mass is 9.97. The van der Waals surface area contributed by atoms with Gasteiger partial charge in [-0.15, -0.1) is 11.8 Å². The molecule has 182 valence electrons. The van der Waals surface area contributed by atoms with Crippen molar-refractivity contribution in [2.24, 2.45) is 0 Å². The van der Waals surface area contributed by atoms with Crippen molar-refractivity contribution in [3.05, 3.63) is 57.1 Å². The molecule has 3 atom stereocenters. The van der Waals surface area contributed by atoms with Crippen LogP contribution in [0, 0.1) is 0 Å². The van der Waals surface area contributed by atoms with Crippen LogP contribution in [0.5, 0.6) is 0 Å². The molecular formula is C24H25ClN6O3S. The third kappa shape index (κ3) is 4.34. The summed E-state index contributed by atoms with van der Waals surface area (Å²) in [5.74, 6) is 1.07. The summed E-state index contributed by atoms with van der Waals surface area (Å²) in [6.45, 7) is 3.17. The van der Waals surface area contributed by atoms with Gasteiger partial charge in [-0.25, -0.2) is 4.98 Å². The van der Waals surface area contributed by atoms with Gasteiger partial charge in [-0.2, -0.15) is 0 Å². The van der Waals surface area contributed by atoms with Crippen molar-refractivity contribution in [3.8, 4) is 0 Å². The highest BCUT2D eigenvalue weighted by Gasteiger charge is 2.33. The second-order valence-corrected chi connectivity index (χ2v) is 10.7. The van der Waals surface area contributed by atoms with Gasteiger partial charge in [0, 0.05) is 56.0 Å². The first-order valence-electron chi connectivity index (χ1n) is 11.7. The Kier molecular flexibility index (Phi) is 6.01. The van der Waals surface area contributed by atoms with E-state index < -0.39 is 6.10 Å². The average molecular weight is 513 g/mol. The molecule has 6 rings (SSSR count). The number of anilines is 1. The topological polar surface area (TPSA) is 112 Å². The summed E-state index contributed by atoms with van der Waals surface area (Å²) < 4.78 is 1.77. The molecule has 3 aromatic heterocycles. The summed E-state index contributed by atoms with van der Waals surface area (Å²) >= 11 is 8.01. The van der Waals surface area contributed by atoms with Gasteiger partial charge in [0.05, 0.1) is 38.5 Å². The van der Waals surface area contributed by atoms with E-state index in [9.17, 15) is 14.7 Å². The number of aliphatic hydroxyl groups excluding tert-OH is 1. The quantitative estimate of drug-likeness (QED) is 0.474. The first-order chi connectivity index (χ1) is 17.0. The molecular weight excluding hydrogens is 488 g/mol. The normalized spacial score (nSPS) is 23.9. The number of fused-ring (bicyclic) bond motifs is 1. The van der Waals surface area contributed by atoms with E-state index in [1.807, 2.05) is 12.1 Å². The lowest BCUT2D eigenvalue weighted by molar-refractivity contribution is -0.113. The van der Waals surface area contributed by atoms with Crippen LogP contribution in [0.1, 0.15) is 23.6 Å². The van der Waals surface area contributed by atoms with E-state index in [2.05, 4.69) is 25.5 Å². The predicted molar refractivity (Wildman–Crippen MR) is 135 cm³/mol. The molecule has 6 heterocycles. The average Bonchev–Trinajstić information content (AvgIpc) is 3.23. The number of carbonyl (C=O) groups is 1. The maximum absolute atomic E-state index is 12.4. The molecule has 3 aliphatic rings.